The molecule has 2 rings (SSSR count). The van der Waals surface area contributed by atoms with Gasteiger partial charge < -0.3 is 5.73 Å². The number of nitro groups is 1. The van der Waals surface area contributed by atoms with Gasteiger partial charge in [0.05, 0.1) is 11.3 Å². The van der Waals surface area contributed by atoms with E-state index < -0.39 is 16.7 Å². The van der Waals surface area contributed by atoms with Crippen LogP contribution in [0.1, 0.15) is 10.4 Å². The Morgan fingerprint density at radius 1 is 1.25 bits per heavy atom. The molecule has 1 aromatic rings. The summed E-state index contributed by atoms with van der Waals surface area (Å²) in [6, 6.07) is 6.55. The van der Waals surface area contributed by atoms with Crippen molar-refractivity contribution >= 4 is 11.7 Å². The first kappa shape index (κ1) is 13.5. The van der Waals surface area contributed by atoms with Crippen molar-refractivity contribution in [1.29, 1.82) is 0 Å². The quantitative estimate of drug-likeness (QED) is 0.383. The van der Waals surface area contributed by atoms with Crippen molar-refractivity contribution in [1.82, 2.24) is 0 Å². The second-order valence-electron chi connectivity index (χ2n) is 4.14. The van der Waals surface area contributed by atoms with E-state index in [-0.39, 0.29) is 16.8 Å². The van der Waals surface area contributed by atoms with E-state index in [2.05, 4.69) is 0 Å². The van der Waals surface area contributed by atoms with Crippen LogP contribution in [0.5, 0.6) is 0 Å². The summed E-state index contributed by atoms with van der Waals surface area (Å²) in [6.07, 6.45) is 2.58. The molecule has 1 unspecified atom stereocenters. The minimum Gasteiger partial charge on any atom is -0.398 e. The number of nitrogens with two attached hydrogens (primary N) is 1. The SMILES string of the molecule is NC1=CC=C(C(=O)c2ccccc2)C([N+](=O)[O-])C1=C=O. The number of carbonyl (C=O) groups excluding carboxylic acids is 2. The number of ketones is 1. The van der Waals surface area contributed by atoms with Gasteiger partial charge in [-0.15, -0.1) is 0 Å². The number of hydrogen-bond acceptors (Lipinski definition) is 5. The van der Waals surface area contributed by atoms with Crippen LogP contribution < -0.4 is 5.73 Å². The summed E-state index contributed by atoms with van der Waals surface area (Å²) in [6.45, 7) is 0. The van der Waals surface area contributed by atoms with Gasteiger partial charge in [-0.05, 0) is 12.2 Å². The number of hydrogen-bond donors (Lipinski definition) is 1. The summed E-state index contributed by atoms with van der Waals surface area (Å²) in [5.74, 6) is 0.950. The first-order valence-corrected chi connectivity index (χ1v) is 5.72. The molecule has 0 aliphatic heterocycles. The van der Waals surface area contributed by atoms with E-state index in [4.69, 9.17) is 5.73 Å². The summed E-state index contributed by atoms with van der Waals surface area (Å²) >= 11 is 0. The molecule has 1 atom stereocenters. The lowest BCUT2D eigenvalue weighted by molar-refractivity contribution is -0.500. The molecule has 0 fully saturated rings. The van der Waals surface area contributed by atoms with E-state index >= 15 is 0 Å². The predicted octanol–water partition coefficient (Wildman–Crippen LogP) is 1.06. The first-order valence-electron chi connectivity index (χ1n) is 5.72. The molecule has 0 radical (unpaired) electrons. The Bertz CT molecular complexity index is 682. The second kappa shape index (κ2) is 5.34. The van der Waals surface area contributed by atoms with Gasteiger partial charge in [0, 0.05) is 10.5 Å². The van der Waals surface area contributed by atoms with E-state index in [9.17, 15) is 19.7 Å². The monoisotopic (exact) mass is 270 g/mol. The molecule has 0 saturated heterocycles. The lowest BCUT2D eigenvalue weighted by Gasteiger charge is -2.16. The summed E-state index contributed by atoms with van der Waals surface area (Å²) in [5, 5.41) is 11.1. The molecule has 0 spiro atoms. The van der Waals surface area contributed by atoms with Crippen LogP contribution in [0.25, 0.3) is 0 Å². The molecule has 0 aromatic heterocycles. The van der Waals surface area contributed by atoms with Crippen LogP contribution in [0.3, 0.4) is 0 Å². The molecule has 1 aliphatic carbocycles. The zero-order valence-electron chi connectivity index (χ0n) is 10.3. The fourth-order valence-corrected chi connectivity index (χ4v) is 1.96. The minimum absolute atomic E-state index is 0.0497. The maximum absolute atomic E-state index is 12.3. The molecule has 6 nitrogen and oxygen atoms in total. The van der Waals surface area contributed by atoms with Crippen LogP contribution in [-0.2, 0) is 4.79 Å². The Morgan fingerprint density at radius 2 is 1.90 bits per heavy atom. The molecule has 0 amide bonds. The Balaban J connectivity index is 2.52. The Morgan fingerprint density at radius 3 is 2.45 bits per heavy atom. The van der Waals surface area contributed by atoms with Crippen molar-refractivity contribution in [2.24, 2.45) is 5.73 Å². The summed E-state index contributed by atoms with van der Waals surface area (Å²) in [5.41, 5.74) is 5.35. The van der Waals surface area contributed by atoms with Crippen molar-refractivity contribution in [3.8, 4) is 0 Å². The van der Waals surface area contributed by atoms with Gasteiger partial charge in [-0.25, -0.2) is 4.79 Å². The minimum atomic E-state index is -1.58. The van der Waals surface area contributed by atoms with E-state index in [1.54, 1.807) is 30.3 Å². The fourth-order valence-electron chi connectivity index (χ4n) is 1.96. The van der Waals surface area contributed by atoms with E-state index in [0.29, 0.717) is 5.56 Å². The number of rotatable bonds is 3. The molecule has 0 heterocycles. The Kier molecular flexibility index (Phi) is 3.59. The zero-order chi connectivity index (χ0) is 14.7. The highest BCUT2D eigenvalue weighted by Gasteiger charge is 2.38. The van der Waals surface area contributed by atoms with Crippen LogP contribution in [0.2, 0.25) is 0 Å². The number of benzene rings is 1. The standard InChI is InChI=1S/C14H10N2O4/c15-12-7-6-10(13(16(19)20)11(12)8-17)14(18)9-4-2-1-3-5-9/h1-7,13H,15H2. The average molecular weight is 270 g/mol. The normalized spacial score (nSPS) is 17.8. The molecule has 0 bridgehead atoms. The van der Waals surface area contributed by atoms with Crippen molar-refractivity contribution in [2.45, 2.75) is 6.04 Å². The molecular weight excluding hydrogens is 260 g/mol. The van der Waals surface area contributed by atoms with Gasteiger partial charge in [0.25, 0.3) is 6.04 Å². The van der Waals surface area contributed by atoms with Gasteiger partial charge >= 0.3 is 0 Å². The maximum Gasteiger partial charge on any atom is 0.279 e. The third kappa shape index (κ3) is 2.28. The van der Waals surface area contributed by atoms with E-state index in [0.717, 1.165) is 0 Å². The van der Waals surface area contributed by atoms with Gasteiger partial charge in [0.2, 0.25) is 0 Å². The van der Waals surface area contributed by atoms with Gasteiger partial charge in [0.1, 0.15) is 11.5 Å². The lowest BCUT2D eigenvalue weighted by atomic mass is 9.88. The van der Waals surface area contributed by atoms with Crippen molar-refractivity contribution in [3.05, 3.63) is 75.0 Å². The van der Waals surface area contributed by atoms with Crippen LogP contribution in [0.4, 0.5) is 0 Å². The van der Waals surface area contributed by atoms with Crippen LogP contribution in [-0.4, -0.2) is 22.7 Å². The highest BCUT2D eigenvalue weighted by Crippen LogP contribution is 2.25. The molecule has 2 N–H and O–H groups in total. The maximum atomic E-state index is 12.3. The number of Topliss-reactive ketones (excluding diaryl/α,β-unsaturated/α-hetero) is 1. The van der Waals surface area contributed by atoms with Gasteiger partial charge in [-0.3, -0.25) is 14.9 Å². The van der Waals surface area contributed by atoms with Gasteiger partial charge in [-0.1, -0.05) is 30.3 Å². The Labute approximate surface area is 114 Å². The summed E-state index contributed by atoms with van der Waals surface area (Å²) in [4.78, 5) is 33.6. The van der Waals surface area contributed by atoms with E-state index in [1.165, 1.54) is 18.1 Å². The van der Waals surface area contributed by atoms with Crippen molar-refractivity contribution in [3.63, 3.8) is 0 Å². The molecular formula is C14H10N2O4. The topological polar surface area (TPSA) is 103 Å². The number of carbonyl (C=O) groups is 1. The summed E-state index contributed by atoms with van der Waals surface area (Å²) in [7, 11) is 0. The number of nitrogens with zero attached hydrogens (tertiary/aromatic N) is 1. The van der Waals surface area contributed by atoms with Crippen LogP contribution in [0.15, 0.2) is 59.3 Å². The molecule has 0 saturated carbocycles. The summed E-state index contributed by atoms with van der Waals surface area (Å²) < 4.78 is 0. The smallest absolute Gasteiger partial charge is 0.279 e. The number of allylic oxidation sites excluding steroid dienone is 2. The zero-order valence-corrected chi connectivity index (χ0v) is 10.3. The Hall–Kier alpha value is -2.98. The van der Waals surface area contributed by atoms with Crippen LogP contribution >= 0.6 is 0 Å². The largest absolute Gasteiger partial charge is 0.398 e. The van der Waals surface area contributed by atoms with Gasteiger partial charge in [0.15, 0.2) is 5.78 Å². The van der Waals surface area contributed by atoms with E-state index in [1.807, 2.05) is 0 Å². The highest BCUT2D eigenvalue weighted by atomic mass is 16.6. The fraction of sp³-hybridized carbons (Fsp3) is 0.0714. The lowest BCUT2D eigenvalue weighted by Crippen LogP contribution is -2.33. The van der Waals surface area contributed by atoms with Gasteiger partial charge in [-0.2, -0.15) is 0 Å². The molecule has 6 heteroatoms. The first-order chi connectivity index (χ1) is 9.56. The predicted molar refractivity (Wildman–Crippen MR) is 71.1 cm³/mol. The molecule has 1 aliphatic rings. The second-order valence-corrected chi connectivity index (χ2v) is 4.14. The van der Waals surface area contributed by atoms with Crippen molar-refractivity contribution < 1.29 is 14.5 Å². The van der Waals surface area contributed by atoms with Crippen LogP contribution in [0, 0.1) is 10.1 Å². The molecule has 1 aromatic carbocycles. The third-order valence-electron chi connectivity index (χ3n) is 2.94. The van der Waals surface area contributed by atoms with Crippen molar-refractivity contribution in [2.75, 3.05) is 0 Å². The average Bonchev–Trinajstić information content (AvgIpc) is 2.46. The molecule has 100 valence electrons. The highest BCUT2D eigenvalue weighted by molar-refractivity contribution is 6.10. The molecule has 20 heavy (non-hydrogen) atoms. The third-order valence-corrected chi connectivity index (χ3v) is 2.94.